The molecule has 2 saturated carbocycles. The molecule has 0 saturated heterocycles. The van der Waals surface area contributed by atoms with E-state index in [1.165, 1.54) is 51.4 Å². The monoisotopic (exact) mass is 240 g/mol. The van der Waals surface area contributed by atoms with Gasteiger partial charge in [0.15, 0.2) is 0 Å². The smallest absolute Gasteiger partial charge is 0.0577 e. The van der Waals surface area contributed by atoms with E-state index in [4.69, 9.17) is 9.47 Å². The number of hydrogen-bond donors (Lipinski definition) is 0. The largest absolute Gasteiger partial charge is 0.381 e. The summed E-state index contributed by atoms with van der Waals surface area (Å²) in [7, 11) is 1.83. The molecular formula is C15H28O2. The van der Waals surface area contributed by atoms with E-state index in [0.29, 0.717) is 12.2 Å². The molecule has 17 heavy (non-hydrogen) atoms. The van der Waals surface area contributed by atoms with Gasteiger partial charge in [0.05, 0.1) is 12.2 Å². The van der Waals surface area contributed by atoms with Crippen molar-refractivity contribution in [2.45, 2.75) is 70.5 Å². The van der Waals surface area contributed by atoms with Gasteiger partial charge < -0.3 is 9.47 Å². The van der Waals surface area contributed by atoms with Gasteiger partial charge in [-0.3, -0.25) is 0 Å². The highest BCUT2D eigenvalue weighted by Gasteiger charge is 2.23. The summed E-state index contributed by atoms with van der Waals surface area (Å²) in [6, 6.07) is 0. The first-order chi connectivity index (χ1) is 8.28. The van der Waals surface area contributed by atoms with Crippen LogP contribution in [0.1, 0.15) is 58.3 Å². The zero-order valence-corrected chi connectivity index (χ0v) is 11.5. The summed E-state index contributed by atoms with van der Waals surface area (Å²) in [5.74, 6) is 1.79. The molecule has 0 aromatic rings. The predicted octanol–water partition coefficient (Wildman–Crippen LogP) is 3.79. The fourth-order valence-corrected chi connectivity index (χ4v) is 3.20. The van der Waals surface area contributed by atoms with E-state index in [9.17, 15) is 0 Å². The van der Waals surface area contributed by atoms with Crippen molar-refractivity contribution in [1.82, 2.24) is 0 Å². The Labute approximate surface area is 106 Å². The Balaban J connectivity index is 1.59. The molecule has 0 heterocycles. The van der Waals surface area contributed by atoms with E-state index in [1.807, 2.05) is 7.11 Å². The fourth-order valence-electron chi connectivity index (χ4n) is 3.20. The molecular weight excluding hydrogens is 212 g/mol. The highest BCUT2D eigenvalue weighted by Crippen LogP contribution is 2.30. The molecule has 2 rings (SSSR count). The molecule has 0 spiro atoms. The van der Waals surface area contributed by atoms with Crippen molar-refractivity contribution in [1.29, 1.82) is 0 Å². The van der Waals surface area contributed by atoms with Crippen molar-refractivity contribution in [3.63, 3.8) is 0 Å². The number of rotatable bonds is 4. The average Bonchev–Trinajstić information content (AvgIpc) is 2.39. The van der Waals surface area contributed by atoms with Gasteiger partial charge in [-0.15, -0.1) is 0 Å². The van der Waals surface area contributed by atoms with E-state index in [2.05, 4.69) is 6.92 Å². The quantitative estimate of drug-likeness (QED) is 0.744. The number of methoxy groups -OCH3 is 1. The van der Waals surface area contributed by atoms with Gasteiger partial charge in [-0.25, -0.2) is 0 Å². The van der Waals surface area contributed by atoms with Crippen LogP contribution in [-0.2, 0) is 9.47 Å². The van der Waals surface area contributed by atoms with Gasteiger partial charge in [0, 0.05) is 13.7 Å². The molecule has 2 heteroatoms. The second-order valence-corrected chi connectivity index (χ2v) is 6.09. The lowest BCUT2D eigenvalue weighted by Gasteiger charge is -2.31. The molecule has 2 fully saturated rings. The van der Waals surface area contributed by atoms with Crippen LogP contribution in [0.3, 0.4) is 0 Å². The van der Waals surface area contributed by atoms with Gasteiger partial charge in [0.2, 0.25) is 0 Å². The van der Waals surface area contributed by atoms with Crippen LogP contribution in [-0.4, -0.2) is 25.9 Å². The summed E-state index contributed by atoms with van der Waals surface area (Å²) in [6.07, 6.45) is 11.3. The number of hydrogen-bond acceptors (Lipinski definition) is 2. The van der Waals surface area contributed by atoms with Crippen LogP contribution < -0.4 is 0 Å². The molecule has 0 aromatic carbocycles. The highest BCUT2D eigenvalue weighted by molar-refractivity contribution is 4.74. The molecule has 2 nitrogen and oxygen atoms in total. The van der Waals surface area contributed by atoms with Gasteiger partial charge in [0.25, 0.3) is 0 Å². The number of ether oxygens (including phenoxy) is 2. The van der Waals surface area contributed by atoms with Crippen molar-refractivity contribution < 1.29 is 9.47 Å². The molecule has 2 aliphatic rings. The second kappa shape index (κ2) is 6.75. The van der Waals surface area contributed by atoms with Gasteiger partial charge in [-0.2, -0.15) is 0 Å². The lowest BCUT2D eigenvalue weighted by Crippen LogP contribution is -2.28. The van der Waals surface area contributed by atoms with Crippen molar-refractivity contribution in [2.24, 2.45) is 11.8 Å². The molecule has 2 aliphatic carbocycles. The lowest BCUT2D eigenvalue weighted by atomic mass is 9.83. The Hall–Kier alpha value is -0.0800. The highest BCUT2D eigenvalue weighted by atomic mass is 16.5. The Morgan fingerprint density at radius 1 is 0.824 bits per heavy atom. The Morgan fingerprint density at radius 3 is 2.00 bits per heavy atom. The van der Waals surface area contributed by atoms with E-state index < -0.39 is 0 Å². The third-order valence-corrected chi connectivity index (χ3v) is 4.66. The molecule has 100 valence electrons. The van der Waals surface area contributed by atoms with Gasteiger partial charge in [-0.05, 0) is 50.4 Å². The zero-order chi connectivity index (χ0) is 12.1. The summed E-state index contributed by atoms with van der Waals surface area (Å²) >= 11 is 0. The van der Waals surface area contributed by atoms with E-state index in [-0.39, 0.29) is 0 Å². The van der Waals surface area contributed by atoms with Crippen LogP contribution in [0, 0.1) is 11.8 Å². The van der Waals surface area contributed by atoms with Crippen LogP contribution in [0.2, 0.25) is 0 Å². The van der Waals surface area contributed by atoms with Crippen LogP contribution in [0.5, 0.6) is 0 Å². The third kappa shape index (κ3) is 4.26. The SMILES string of the molecule is COC1CCC(OCC2CCC(C)CC2)CC1. The standard InChI is InChI=1S/C15H28O2/c1-12-3-5-13(6-4-12)11-17-15-9-7-14(16-2)8-10-15/h12-15H,3-11H2,1-2H3. The maximum atomic E-state index is 6.09. The van der Waals surface area contributed by atoms with E-state index >= 15 is 0 Å². The molecule has 0 aliphatic heterocycles. The maximum absolute atomic E-state index is 6.09. The molecule has 0 N–H and O–H groups in total. The van der Waals surface area contributed by atoms with Crippen molar-refractivity contribution >= 4 is 0 Å². The summed E-state index contributed by atoms with van der Waals surface area (Å²) in [4.78, 5) is 0. The summed E-state index contributed by atoms with van der Waals surface area (Å²) in [5, 5.41) is 0. The van der Waals surface area contributed by atoms with E-state index in [0.717, 1.165) is 18.4 Å². The van der Waals surface area contributed by atoms with Crippen LogP contribution in [0.4, 0.5) is 0 Å². The van der Waals surface area contributed by atoms with Gasteiger partial charge in [0.1, 0.15) is 0 Å². The first kappa shape index (κ1) is 13.4. The summed E-state index contributed by atoms with van der Waals surface area (Å²) in [6.45, 7) is 3.39. The molecule has 0 unspecified atom stereocenters. The van der Waals surface area contributed by atoms with Gasteiger partial charge >= 0.3 is 0 Å². The first-order valence-corrected chi connectivity index (χ1v) is 7.42. The zero-order valence-electron chi connectivity index (χ0n) is 11.5. The van der Waals surface area contributed by atoms with Gasteiger partial charge in [-0.1, -0.05) is 19.8 Å². The maximum Gasteiger partial charge on any atom is 0.0577 e. The fraction of sp³-hybridized carbons (Fsp3) is 1.00. The molecule has 0 aromatic heterocycles. The minimum Gasteiger partial charge on any atom is -0.381 e. The van der Waals surface area contributed by atoms with Crippen molar-refractivity contribution in [3.8, 4) is 0 Å². The molecule has 0 amide bonds. The van der Waals surface area contributed by atoms with Crippen LogP contribution in [0.15, 0.2) is 0 Å². The predicted molar refractivity (Wildman–Crippen MR) is 70.1 cm³/mol. The minimum atomic E-state index is 0.491. The first-order valence-electron chi connectivity index (χ1n) is 7.42. The summed E-state index contributed by atoms with van der Waals surface area (Å²) in [5.41, 5.74) is 0. The Morgan fingerprint density at radius 2 is 1.41 bits per heavy atom. The normalized spacial score (nSPS) is 39.2. The molecule has 0 radical (unpaired) electrons. The second-order valence-electron chi connectivity index (χ2n) is 6.09. The van der Waals surface area contributed by atoms with Crippen molar-refractivity contribution in [2.75, 3.05) is 13.7 Å². The molecule has 0 bridgehead atoms. The Kier molecular flexibility index (Phi) is 5.30. The van der Waals surface area contributed by atoms with Crippen LogP contribution in [0.25, 0.3) is 0 Å². The third-order valence-electron chi connectivity index (χ3n) is 4.66. The molecule has 0 atom stereocenters. The van der Waals surface area contributed by atoms with Crippen molar-refractivity contribution in [3.05, 3.63) is 0 Å². The Bertz CT molecular complexity index is 201. The average molecular weight is 240 g/mol. The lowest BCUT2D eigenvalue weighted by molar-refractivity contribution is -0.0327. The topological polar surface area (TPSA) is 18.5 Å². The minimum absolute atomic E-state index is 0.491. The van der Waals surface area contributed by atoms with E-state index in [1.54, 1.807) is 0 Å². The summed E-state index contributed by atoms with van der Waals surface area (Å²) < 4.78 is 11.5. The van der Waals surface area contributed by atoms with Crippen LogP contribution >= 0.6 is 0 Å².